The van der Waals surface area contributed by atoms with Crippen LogP contribution in [0.25, 0.3) is 11.3 Å². The van der Waals surface area contributed by atoms with E-state index >= 15 is 0 Å². The predicted molar refractivity (Wildman–Crippen MR) is 118 cm³/mol. The molecule has 3 heterocycles. The van der Waals surface area contributed by atoms with Gasteiger partial charge in [0.2, 0.25) is 5.91 Å². The molecule has 2 aromatic heterocycles. The molecule has 1 aliphatic rings. The molecule has 30 heavy (non-hydrogen) atoms. The van der Waals surface area contributed by atoms with E-state index in [0.717, 1.165) is 60.4 Å². The number of amides is 1. The Hall–Kier alpha value is -2.68. The summed E-state index contributed by atoms with van der Waals surface area (Å²) < 4.78 is 13.3. The van der Waals surface area contributed by atoms with Gasteiger partial charge in [0.25, 0.3) is 0 Å². The third-order valence-corrected chi connectivity index (χ3v) is 5.92. The van der Waals surface area contributed by atoms with Crippen LogP contribution >= 0.6 is 11.3 Å². The number of ether oxygens (including phenoxy) is 2. The first kappa shape index (κ1) is 20.6. The number of morpholine rings is 1. The van der Waals surface area contributed by atoms with Crippen LogP contribution in [0.15, 0.2) is 48.0 Å². The number of benzene rings is 1. The second kappa shape index (κ2) is 9.88. The molecular formula is C22H26N4O3S. The maximum Gasteiger partial charge on any atom is 0.229 e. The molecular weight excluding hydrogens is 400 g/mol. The van der Waals surface area contributed by atoms with Crippen LogP contribution in [0.1, 0.15) is 4.88 Å². The summed E-state index contributed by atoms with van der Waals surface area (Å²) in [5.41, 5.74) is 2.59. The third kappa shape index (κ3) is 5.27. The van der Waals surface area contributed by atoms with Gasteiger partial charge in [0.15, 0.2) is 0 Å². The van der Waals surface area contributed by atoms with Crippen molar-refractivity contribution in [2.75, 3.05) is 44.8 Å². The average Bonchev–Trinajstić information content (AvgIpc) is 3.41. The highest BCUT2D eigenvalue weighted by atomic mass is 32.1. The van der Waals surface area contributed by atoms with E-state index in [0.29, 0.717) is 13.0 Å². The second-order valence-corrected chi connectivity index (χ2v) is 8.19. The first-order chi connectivity index (χ1) is 14.7. The highest BCUT2D eigenvalue weighted by molar-refractivity contribution is 7.10. The van der Waals surface area contributed by atoms with Gasteiger partial charge in [0, 0.05) is 49.0 Å². The number of nitrogens with zero attached hydrogens (tertiary/aromatic N) is 3. The number of anilines is 1. The van der Waals surface area contributed by atoms with Crippen LogP contribution in [0.5, 0.6) is 5.75 Å². The van der Waals surface area contributed by atoms with E-state index in [4.69, 9.17) is 9.47 Å². The van der Waals surface area contributed by atoms with E-state index in [2.05, 4.69) is 15.3 Å². The number of thiophene rings is 1. The number of carbonyl (C=O) groups excluding carboxylic acids is 1. The van der Waals surface area contributed by atoms with Crippen LogP contribution in [0.4, 0.5) is 5.69 Å². The Morgan fingerprint density at radius 1 is 1.27 bits per heavy atom. The van der Waals surface area contributed by atoms with Gasteiger partial charge in [-0.25, -0.2) is 0 Å². The number of aryl methyl sites for hydroxylation is 1. The Balaban J connectivity index is 1.46. The van der Waals surface area contributed by atoms with E-state index in [9.17, 15) is 4.79 Å². The third-order valence-electron chi connectivity index (χ3n) is 5.04. The summed E-state index contributed by atoms with van der Waals surface area (Å²) in [5, 5.41) is 9.26. The van der Waals surface area contributed by atoms with E-state index in [-0.39, 0.29) is 5.91 Å². The summed E-state index contributed by atoms with van der Waals surface area (Å²) in [5.74, 6) is 0.748. The van der Waals surface area contributed by atoms with Crippen molar-refractivity contribution in [3.63, 3.8) is 0 Å². The van der Waals surface area contributed by atoms with Crippen molar-refractivity contribution in [1.82, 2.24) is 14.7 Å². The molecule has 0 aliphatic carbocycles. The Labute approximate surface area is 180 Å². The van der Waals surface area contributed by atoms with Gasteiger partial charge in [0.1, 0.15) is 12.4 Å². The number of aromatic nitrogens is 2. The normalized spacial score (nSPS) is 14.6. The quantitative estimate of drug-likeness (QED) is 0.600. The van der Waals surface area contributed by atoms with Crippen molar-refractivity contribution < 1.29 is 14.3 Å². The summed E-state index contributed by atoms with van der Waals surface area (Å²) >= 11 is 1.58. The number of hydrogen-bond acceptors (Lipinski definition) is 6. The smallest absolute Gasteiger partial charge is 0.229 e. The van der Waals surface area contributed by atoms with Gasteiger partial charge in [-0.15, -0.1) is 11.3 Å². The first-order valence-corrected chi connectivity index (χ1v) is 10.9. The van der Waals surface area contributed by atoms with Crippen molar-refractivity contribution in [3.05, 3.63) is 52.9 Å². The molecule has 4 rings (SSSR count). The molecule has 1 aliphatic heterocycles. The predicted octanol–water partition coefficient (Wildman–Crippen LogP) is 3.04. The standard InChI is InChI=1S/C22H26N4O3S/c1-25-20(6-7-23-25)19-15-17(24-22(27)16-18-3-2-14-30-18)4-5-21(19)29-13-10-26-8-11-28-12-9-26/h2-7,14-15H,8-13,16H2,1H3,(H,24,27). The van der Waals surface area contributed by atoms with Gasteiger partial charge in [-0.3, -0.25) is 14.4 Å². The van der Waals surface area contributed by atoms with Gasteiger partial charge in [0.05, 0.1) is 25.3 Å². The van der Waals surface area contributed by atoms with E-state index in [1.165, 1.54) is 0 Å². The van der Waals surface area contributed by atoms with Gasteiger partial charge in [-0.2, -0.15) is 5.10 Å². The Morgan fingerprint density at radius 2 is 2.13 bits per heavy atom. The fraction of sp³-hybridized carbons (Fsp3) is 0.364. The topological polar surface area (TPSA) is 68.6 Å². The molecule has 7 nitrogen and oxygen atoms in total. The minimum absolute atomic E-state index is 0.0330. The Kier molecular flexibility index (Phi) is 6.78. The number of carbonyl (C=O) groups is 1. The molecule has 3 aromatic rings. The summed E-state index contributed by atoms with van der Waals surface area (Å²) in [6.45, 7) is 4.88. The lowest BCUT2D eigenvalue weighted by Gasteiger charge is -2.26. The molecule has 1 aromatic carbocycles. The zero-order valence-electron chi connectivity index (χ0n) is 17.0. The van der Waals surface area contributed by atoms with Gasteiger partial charge in [-0.1, -0.05) is 6.07 Å². The Morgan fingerprint density at radius 3 is 2.87 bits per heavy atom. The number of nitrogens with one attached hydrogen (secondary N) is 1. The molecule has 1 N–H and O–H groups in total. The van der Waals surface area contributed by atoms with E-state index in [1.807, 2.05) is 48.8 Å². The second-order valence-electron chi connectivity index (χ2n) is 7.16. The largest absolute Gasteiger partial charge is 0.492 e. The molecule has 0 bridgehead atoms. The first-order valence-electron chi connectivity index (χ1n) is 10.1. The molecule has 0 unspecified atom stereocenters. The fourth-order valence-corrected chi connectivity index (χ4v) is 4.16. The van der Waals surface area contributed by atoms with Crippen molar-refractivity contribution in [2.45, 2.75) is 6.42 Å². The summed E-state index contributed by atoms with van der Waals surface area (Å²) in [4.78, 5) is 15.8. The van der Waals surface area contributed by atoms with E-state index < -0.39 is 0 Å². The minimum atomic E-state index is -0.0330. The van der Waals surface area contributed by atoms with Crippen molar-refractivity contribution >= 4 is 22.9 Å². The zero-order chi connectivity index (χ0) is 20.8. The number of hydrogen-bond donors (Lipinski definition) is 1. The molecule has 8 heteroatoms. The zero-order valence-corrected chi connectivity index (χ0v) is 17.9. The lowest BCUT2D eigenvalue weighted by molar-refractivity contribution is -0.115. The monoisotopic (exact) mass is 426 g/mol. The highest BCUT2D eigenvalue weighted by Gasteiger charge is 2.15. The summed E-state index contributed by atoms with van der Waals surface area (Å²) in [6.07, 6.45) is 2.13. The summed E-state index contributed by atoms with van der Waals surface area (Å²) in [7, 11) is 1.90. The molecule has 0 atom stereocenters. The van der Waals surface area contributed by atoms with Crippen molar-refractivity contribution in [3.8, 4) is 17.0 Å². The lowest BCUT2D eigenvalue weighted by atomic mass is 10.1. The Bertz CT molecular complexity index is 965. The van der Waals surface area contributed by atoms with E-state index in [1.54, 1.807) is 22.2 Å². The van der Waals surface area contributed by atoms with Crippen LogP contribution in [0.2, 0.25) is 0 Å². The fourth-order valence-electron chi connectivity index (χ4n) is 3.46. The molecule has 1 fully saturated rings. The number of rotatable bonds is 8. The maximum atomic E-state index is 12.4. The van der Waals surface area contributed by atoms with Gasteiger partial charge >= 0.3 is 0 Å². The van der Waals surface area contributed by atoms with Crippen LogP contribution < -0.4 is 10.1 Å². The van der Waals surface area contributed by atoms with Crippen molar-refractivity contribution in [1.29, 1.82) is 0 Å². The SMILES string of the molecule is Cn1nccc1-c1cc(NC(=O)Cc2cccs2)ccc1OCCN1CCOCC1. The molecule has 1 amide bonds. The van der Waals surface area contributed by atoms with Crippen molar-refractivity contribution in [2.24, 2.45) is 7.05 Å². The maximum absolute atomic E-state index is 12.4. The van der Waals surface area contributed by atoms with Gasteiger partial charge < -0.3 is 14.8 Å². The van der Waals surface area contributed by atoms with Crippen LogP contribution in [-0.2, 0) is 23.0 Å². The summed E-state index contributed by atoms with van der Waals surface area (Å²) in [6, 6.07) is 11.6. The lowest BCUT2D eigenvalue weighted by Crippen LogP contribution is -2.38. The highest BCUT2D eigenvalue weighted by Crippen LogP contribution is 2.32. The molecule has 158 valence electrons. The van der Waals surface area contributed by atoms with Gasteiger partial charge in [-0.05, 0) is 35.7 Å². The van der Waals surface area contributed by atoms with Crippen LogP contribution in [0.3, 0.4) is 0 Å². The minimum Gasteiger partial charge on any atom is -0.492 e. The molecule has 1 saturated heterocycles. The average molecular weight is 427 g/mol. The molecule has 0 radical (unpaired) electrons. The molecule has 0 spiro atoms. The van der Waals surface area contributed by atoms with Crippen LogP contribution in [0, 0.1) is 0 Å². The molecule has 0 saturated carbocycles. The van der Waals surface area contributed by atoms with Crippen LogP contribution in [-0.4, -0.2) is 60.0 Å².